The molecule has 3 rings (SSSR count). The van der Waals surface area contributed by atoms with Crippen molar-refractivity contribution in [2.45, 2.75) is 57.5 Å². The first-order valence-corrected chi connectivity index (χ1v) is 6.50. The number of epoxide rings is 1. The molecule has 1 aliphatic carbocycles. The zero-order chi connectivity index (χ0) is 11.3. The topological polar surface area (TPSA) is 27.8 Å². The second kappa shape index (κ2) is 3.47. The Labute approximate surface area is 97.8 Å². The van der Waals surface area contributed by atoms with Crippen LogP contribution in [0.3, 0.4) is 0 Å². The summed E-state index contributed by atoms with van der Waals surface area (Å²) in [7, 11) is 2.13. The highest BCUT2D eigenvalue weighted by atomic mass is 16.6. The maximum Gasteiger partial charge on any atom is 0.171 e. The van der Waals surface area contributed by atoms with E-state index in [1.807, 2.05) is 0 Å². The number of nitrogens with zero attached hydrogens (tertiary/aromatic N) is 1. The van der Waals surface area contributed by atoms with E-state index in [1.165, 1.54) is 25.7 Å². The van der Waals surface area contributed by atoms with E-state index in [2.05, 4.69) is 37.3 Å². The Kier molecular flexibility index (Phi) is 2.30. The lowest BCUT2D eigenvalue weighted by Gasteiger charge is -2.43. The molecule has 2 heterocycles. The van der Waals surface area contributed by atoms with Gasteiger partial charge in [-0.1, -0.05) is 20.3 Å². The minimum atomic E-state index is 0.197. The molecule has 0 spiro atoms. The van der Waals surface area contributed by atoms with Gasteiger partial charge in [-0.25, -0.2) is 0 Å². The predicted octanol–water partition coefficient (Wildman–Crippen LogP) is 2.06. The zero-order valence-corrected chi connectivity index (χ0v) is 10.5. The molecular weight excluding hydrogens is 200 g/mol. The van der Waals surface area contributed by atoms with Gasteiger partial charge in [0.05, 0.1) is 0 Å². The molecule has 3 heteroatoms. The van der Waals surface area contributed by atoms with Crippen LogP contribution in [0.25, 0.3) is 0 Å². The van der Waals surface area contributed by atoms with Gasteiger partial charge in [-0.2, -0.15) is 0 Å². The van der Waals surface area contributed by atoms with Crippen molar-refractivity contribution in [1.82, 2.24) is 10.2 Å². The number of hydrogen-bond donors (Lipinski definition) is 1. The number of rotatable bonds is 1. The number of nitrogens with one attached hydrogen (secondary N) is 1. The molecule has 3 aliphatic rings. The zero-order valence-electron chi connectivity index (χ0n) is 10.5. The second-order valence-electron chi connectivity index (χ2n) is 5.74. The van der Waals surface area contributed by atoms with E-state index in [0.717, 1.165) is 0 Å². The Balaban J connectivity index is 1.98. The van der Waals surface area contributed by atoms with Crippen LogP contribution in [-0.4, -0.2) is 29.9 Å². The lowest BCUT2D eigenvalue weighted by Crippen LogP contribution is -2.53. The Morgan fingerprint density at radius 1 is 1.50 bits per heavy atom. The van der Waals surface area contributed by atoms with E-state index in [1.54, 1.807) is 5.57 Å². The molecule has 0 radical (unpaired) electrons. The summed E-state index contributed by atoms with van der Waals surface area (Å²) in [5.41, 5.74) is 1.79. The Bertz CT molecular complexity index is 326. The predicted molar refractivity (Wildman–Crippen MR) is 63.7 cm³/mol. The van der Waals surface area contributed by atoms with Gasteiger partial charge in [0.2, 0.25) is 0 Å². The van der Waals surface area contributed by atoms with Gasteiger partial charge < -0.3 is 9.64 Å². The Hall–Kier alpha value is -0.540. The van der Waals surface area contributed by atoms with E-state index in [0.29, 0.717) is 5.92 Å². The number of fused-ring (bicyclic) bond motifs is 2. The van der Waals surface area contributed by atoms with Crippen molar-refractivity contribution in [3.8, 4) is 0 Å². The van der Waals surface area contributed by atoms with Crippen molar-refractivity contribution in [2.75, 3.05) is 7.05 Å². The first-order chi connectivity index (χ1) is 7.63. The summed E-state index contributed by atoms with van der Waals surface area (Å²) in [5, 5.41) is 3.77. The minimum Gasteiger partial charge on any atom is -0.352 e. The average molecular weight is 222 g/mol. The molecule has 2 fully saturated rings. The highest BCUT2D eigenvalue weighted by Gasteiger charge is 2.52. The van der Waals surface area contributed by atoms with Crippen molar-refractivity contribution in [2.24, 2.45) is 5.92 Å². The maximum absolute atomic E-state index is 5.66. The molecule has 1 saturated carbocycles. The van der Waals surface area contributed by atoms with E-state index in [9.17, 15) is 0 Å². The molecule has 0 amide bonds. The van der Waals surface area contributed by atoms with Gasteiger partial charge in [-0.15, -0.1) is 0 Å². The molecule has 3 nitrogen and oxygen atoms in total. The molecule has 90 valence electrons. The molecular formula is C13H22N2O. The SMILES string of the molecule is CC(C)[C@@]12CCCCC1=CN(C)C1OC1N2. The van der Waals surface area contributed by atoms with Gasteiger partial charge in [0.15, 0.2) is 12.5 Å². The Morgan fingerprint density at radius 3 is 3.06 bits per heavy atom. The molecule has 0 bridgehead atoms. The molecule has 3 atom stereocenters. The lowest BCUT2D eigenvalue weighted by atomic mass is 9.71. The van der Waals surface area contributed by atoms with Gasteiger partial charge in [-0.05, 0) is 30.8 Å². The summed E-state index contributed by atoms with van der Waals surface area (Å²) in [6.45, 7) is 4.66. The molecule has 1 N–H and O–H groups in total. The van der Waals surface area contributed by atoms with Crippen molar-refractivity contribution in [3.05, 3.63) is 11.8 Å². The fourth-order valence-corrected chi connectivity index (χ4v) is 3.37. The monoisotopic (exact) mass is 222 g/mol. The lowest BCUT2D eigenvalue weighted by molar-refractivity contribution is 0.180. The van der Waals surface area contributed by atoms with Crippen LogP contribution in [-0.2, 0) is 4.74 Å². The average Bonchev–Trinajstić information content (AvgIpc) is 2.99. The number of ether oxygens (including phenoxy) is 1. The normalized spacial score (nSPS) is 42.2. The van der Waals surface area contributed by atoms with Crippen molar-refractivity contribution < 1.29 is 4.74 Å². The highest BCUT2D eigenvalue weighted by molar-refractivity contribution is 5.26. The van der Waals surface area contributed by atoms with Crippen LogP contribution in [0.4, 0.5) is 0 Å². The first-order valence-electron chi connectivity index (χ1n) is 6.50. The highest BCUT2D eigenvalue weighted by Crippen LogP contribution is 2.43. The summed E-state index contributed by atoms with van der Waals surface area (Å²) in [6.07, 6.45) is 8.04. The molecule has 2 unspecified atom stereocenters. The van der Waals surface area contributed by atoms with Crippen LogP contribution < -0.4 is 5.32 Å². The third kappa shape index (κ3) is 1.41. The quantitative estimate of drug-likeness (QED) is 0.688. The van der Waals surface area contributed by atoms with E-state index < -0.39 is 0 Å². The van der Waals surface area contributed by atoms with Crippen LogP contribution >= 0.6 is 0 Å². The second-order valence-corrected chi connectivity index (χ2v) is 5.74. The maximum atomic E-state index is 5.66. The number of hydrogen-bond acceptors (Lipinski definition) is 3. The fraction of sp³-hybridized carbons (Fsp3) is 0.846. The number of likely N-dealkylation sites (N-methyl/N-ethyl adjacent to an activating group) is 1. The van der Waals surface area contributed by atoms with Crippen LogP contribution in [0.5, 0.6) is 0 Å². The fourth-order valence-electron chi connectivity index (χ4n) is 3.37. The van der Waals surface area contributed by atoms with Crippen LogP contribution in [0.1, 0.15) is 39.5 Å². The van der Waals surface area contributed by atoms with Gasteiger partial charge in [-0.3, -0.25) is 5.32 Å². The van der Waals surface area contributed by atoms with Gasteiger partial charge in [0, 0.05) is 18.8 Å². The summed E-state index contributed by atoms with van der Waals surface area (Å²) in [4.78, 5) is 2.24. The largest absolute Gasteiger partial charge is 0.352 e. The van der Waals surface area contributed by atoms with E-state index >= 15 is 0 Å². The van der Waals surface area contributed by atoms with Crippen LogP contribution in [0, 0.1) is 5.92 Å². The molecule has 0 aromatic heterocycles. The smallest absolute Gasteiger partial charge is 0.171 e. The third-order valence-corrected chi connectivity index (χ3v) is 4.45. The summed E-state index contributed by atoms with van der Waals surface area (Å²) in [6, 6.07) is 0. The molecule has 0 aromatic carbocycles. The Morgan fingerprint density at radius 2 is 2.31 bits per heavy atom. The summed E-state index contributed by atoms with van der Waals surface area (Å²) < 4.78 is 5.66. The van der Waals surface area contributed by atoms with Gasteiger partial charge in [0.25, 0.3) is 0 Å². The van der Waals surface area contributed by atoms with Crippen molar-refractivity contribution >= 4 is 0 Å². The van der Waals surface area contributed by atoms with E-state index in [4.69, 9.17) is 4.74 Å². The minimum absolute atomic E-state index is 0.197. The molecule has 16 heavy (non-hydrogen) atoms. The molecule has 1 saturated heterocycles. The third-order valence-electron chi connectivity index (χ3n) is 4.45. The van der Waals surface area contributed by atoms with Crippen molar-refractivity contribution in [1.29, 1.82) is 0 Å². The van der Waals surface area contributed by atoms with Crippen LogP contribution in [0.2, 0.25) is 0 Å². The van der Waals surface area contributed by atoms with E-state index in [-0.39, 0.29) is 18.0 Å². The first kappa shape index (κ1) is 10.6. The molecule has 2 aliphatic heterocycles. The summed E-state index contributed by atoms with van der Waals surface area (Å²) >= 11 is 0. The van der Waals surface area contributed by atoms with Crippen molar-refractivity contribution in [3.63, 3.8) is 0 Å². The van der Waals surface area contributed by atoms with Gasteiger partial charge >= 0.3 is 0 Å². The van der Waals surface area contributed by atoms with Gasteiger partial charge in [0.1, 0.15) is 0 Å². The standard InChI is InChI=1S/C13H22N2O/c1-9(2)13-7-5-4-6-10(13)8-15(3)12-11(14-13)16-12/h8-9,11-12,14H,4-7H2,1-3H3/t11?,12?,13-/m0/s1. The summed E-state index contributed by atoms with van der Waals surface area (Å²) in [5.74, 6) is 0.635. The van der Waals surface area contributed by atoms with Crippen LogP contribution in [0.15, 0.2) is 11.8 Å². The molecule has 0 aromatic rings.